The lowest BCUT2D eigenvalue weighted by molar-refractivity contribution is 0.681. The lowest BCUT2D eigenvalue weighted by Gasteiger charge is -2.11. The molecule has 0 saturated carbocycles. The monoisotopic (exact) mass is 225 g/mol. The summed E-state index contributed by atoms with van der Waals surface area (Å²) in [5.41, 5.74) is 2.16. The summed E-state index contributed by atoms with van der Waals surface area (Å²) < 4.78 is 1.95. The third kappa shape index (κ3) is 2.54. The van der Waals surface area contributed by atoms with Crippen molar-refractivity contribution in [3.05, 3.63) is 47.5 Å². The summed E-state index contributed by atoms with van der Waals surface area (Å²) >= 11 is 0. The van der Waals surface area contributed by atoms with Crippen LogP contribution in [0.4, 0.5) is 0 Å². The fourth-order valence-corrected chi connectivity index (χ4v) is 1.82. The number of benzene rings is 1. The molecule has 0 aliphatic carbocycles. The highest BCUT2D eigenvalue weighted by Crippen LogP contribution is 2.20. The average Bonchev–Trinajstić information content (AvgIpc) is 2.75. The number of nitrogens with zero attached hydrogens (tertiary/aromatic N) is 3. The van der Waals surface area contributed by atoms with Gasteiger partial charge in [-0.15, -0.1) is 16.6 Å². The second-order valence-electron chi connectivity index (χ2n) is 4.23. The number of hydrogen-bond acceptors (Lipinski definition) is 2. The standard InChI is InChI=1S/C14H15N3/c1-4-12-6-5-7-13(9-12)11(2)8-14-16-15-10-17(14)3/h1,5-7,9-11H,8H2,2-3H3. The summed E-state index contributed by atoms with van der Waals surface area (Å²) in [6.45, 7) is 2.17. The van der Waals surface area contributed by atoms with Crippen molar-refractivity contribution in [3.8, 4) is 12.3 Å². The van der Waals surface area contributed by atoms with Crippen LogP contribution in [0.25, 0.3) is 0 Å². The van der Waals surface area contributed by atoms with Gasteiger partial charge in [0.15, 0.2) is 0 Å². The molecule has 1 aromatic carbocycles. The number of aromatic nitrogens is 3. The van der Waals surface area contributed by atoms with E-state index in [0.29, 0.717) is 5.92 Å². The van der Waals surface area contributed by atoms with Gasteiger partial charge >= 0.3 is 0 Å². The van der Waals surface area contributed by atoms with Crippen LogP contribution < -0.4 is 0 Å². The number of terminal acetylenes is 1. The van der Waals surface area contributed by atoms with E-state index in [2.05, 4.69) is 35.2 Å². The summed E-state index contributed by atoms with van der Waals surface area (Å²) in [6.07, 6.45) is 7.99. The van der Waals surface area contributed by atoms with Crippen LogP contribution in [-0.2, 0) is 13.5 Å². The average molecular weight is 225 g/mol. The molecular weight excluding hydrogens is 210 g/mol. The number of aryl methyl sites for hydroxylation is 1. The third-order valence-electron chi connectivity index (χ3n) is 2.92. The van der Waals surface area contributed by atoms with Gasteiger partial charge in [0.2, 0.25) is 0 Å². The molecule has 2 aromatic rings. The van der Waals surface area contributed by atoms with Crippen molar-refractivity contribution >= 4 is 0 Å². The van der Waals surface area contributed by atoms with E-state index in [1.165, 1.54) is 5.56 Å². The van der Waals surface area contributed by atoms with Crippen molar-refractivity contribution in [3.63, 3.8) is 0 Å². The molecule has 1 aromatic heterocycles. The predicted octanol–water partition coefficient (Wildman–Crippen LogP) is 2.14. The molecule has 1 heterocycles. The SMILES string of the molecule is C#Cc1cccc(C(C)Cc2nncn2C)c1. The van der Waals surface area contributed by atoms with Crippen molar-refractivity contribution < 1.29 is 0 Å². The topological polar surface area (TPSA) is 30.7 Å². The van der Waals surface area contributed by atoms with Crippen LogP contribution in [0.3, 0.4) is 0 Å². The number of rotatable bonds is 3. The van der Waals surface area contributed by atoms with E-state index in [4.69, 9.17) is 6.42 Å². The highest BCUT2D eigenvalue weighted by atomic mass is 15.2. The van der Waals surface area contributed by atoms with Gasteiger partial charge < -0.3 is 4.57 Å². The van der Waals surface area contributed by atoms with Crippen molar-refractivity contribution in [1.82, 2.24) is 14.8 Å². The van der Waals surface area contributed by atoms with Crippen LogP contribution in [-0.4, -0.2) is 14.8 Å². The maximum atomic E-state index is 5.40. The van der Waals surface area contributed by atoms with E-state index in [1.807, 2.05) is 23.7 Å². The molecule has 1 atom stereocenters. The zero-order valence-corrected chi connectivity index (χ0v) is 10.1. The Labute approximate surface area is 102 Å². The minimum Gasteiger partial charge on any atom is -0.321 e. The highest BCUT2D eigenvalue weighted by molar-refractivity contribution is 5.36. The second-order valence-corrected chi connectivity index (χ2v) is 4.23. The fraction of sp³-hybridized carbons (Fsp3) is 0.286. The highest BCUT2D eigenvalue weighted by Gasteiger charge is 2.10. The molecule has 1 unspecified atom stereocenters. The molecule has 17 heavy (non-hydrogen) atoms. The van der Waals surface area contributed by atoms with Crippen LogP contribution in [0.5, 0.6) is 0 Å². The van der Waals surface area contributed by atoms with Crippen LogP contribution in [0.15, 0.2) is 30.6 Å². The first-order chi connectivity index (χ1) is 8.20. The Balaban J connectivity index is 2.17. The first-order valence-electron chi connectivity index (χ1n) is 5.60. The molecule has 0 fully saturated rings. The molecule has 86 valence electrons. The summed E-state index contributed by atoms with van der Waals surface area (Å²) in [7, 11) is 1.96. The Hall–Kier alpha value is -2.08. The Morgan fingerprint density at radius 3 is 2.94 bits per heavy atom. The first kappa shape index (κ1) is 11.4. The molecule has 0 radical (unpaired) electrons. The third-order valence-corrected chi connectivity index (χ3v) is 2.92. The Bertz CT molecular complexity index is 549. The molecule has 3 heteroatoms. The van der Waals surface area contributed by atoms with Crippen molar-refractivity contribution in [1.29, 1.82) is 0 Å². The molecule has 0 saturated heterocycles. The van der Waals surface area contributed by atoms with E-state index in [-0.39, 0.29) is 0 Å². The van der Waals surface area contributed by atoms with Crippen molar-refractivity contribution in [2.24, 2.45) is 7.05 Å². The molecule has 0 bridgehead atoms. The Kier molecular flexibility index (Phi) is 3.24. The van der Waals surface area contributed by atoms with E-state index in [9.17, 15) is 0 Å². The molecule has 3 nitrogen and oxygen atoms in total. The summed E-state index contributed by atoms with van der Waals surface area (Å²) in [6, 6.07) is 8.10. The minimum atomic E-state index is 0.381. The Morgan fingerprint density at radius 2 is 2.29 bits per heavy atom. The normalized spacial score (nSPS) is 12.1. The van der Waals surface area contributed by atoms with Crippen molar-refractivity contribution in [2.75, 3.05) is 0 Å². The molecule has 2 rings (SSSR count). The zero-order valence-electron chi connectivity index (χ0n) is 10.1. The maximum Gasteiger partial charge on any atom is 0.133 e. The summed E-state index contributed by atoms with van der Waals surface area (Å²) in [4.78, 5) is 0. The second kappa shape index (κ2) is 4.84. The molecule has 0 spiro atoms. The van der Waals surface area contributed by atoms with Gasteiger partial charge in [0.1, 0.15) is 12.2 Å². The lowest BCUT2D eigenvalue weighted by Crippen LogP contribution is -2.04. The minimum absolute atomic E-state index is 0.381. The van der Waals surface area contributed by atoms with E-state index >= 15 is 0 Å². The first-order valence-corrected chi connectivity index (χ1v) is 5.60. The Morgan fingerprint density at radius 1 is 1.47 bits per heavy atom. The van der Waals surface area contributed by atoms with Crippen LogP contribution >= 0.6 is 0 Å². The van der Waals surface area contributed by atoms with Gasteiger partial charge in [0, 0.05) is 19.0 Å². The van der Waals surface area contributed by atoms with Gasteiger partial charge in [0.05, 0.1) is 0 Å². The van der Waals surface area contributed by atoms with Gasteiger partial charge in [-0.2, -0.15) is 0 Å². The maximum absolute atomic E-state index is 5.40. The van der Waals surface area contributed by atoms with E-state index in [1.54, 1.807) is 6.33 Å². The largest absolute Gasteiger partial charge is 0.321 e. The van der Waals surface area contributed by atoms with Crippen LogP contribution in [0.1, 0.15) is 29.8 Å². The predicted molar refractivity (Wildman–Crippen MR) is 67.5 cm³/mol. The number of hydrogen-bond donors (Lipinski definition) is 0. The van der Waals surface area contributed by atoms with Gasteiger partial charge in [-0.1, -0.05) is 25.0 Å². The molecule has 0 amide bonds. The van der Waals surface area contributed by atoms with Gasteiger partial charge in [-0.3, -0.25) is 0 Å². The van der Waals surface area contributed by atoms with Crippen molar-refractivity contribution in [2.45, 2.75) is 19.3 Å². The van der Waals surface area contributed by atoms with Gasteiger partial charge in [0.25, 0.3) is 0 Å². The summed E-state index contributed by atoms with van der Waals surface area (Å²) in [5, 5.41) is 7.98. The molecule has 0 aliphatic heterocycles. The molecular formula is C14H15N3. The molecule has 0 aliphatic rings. The van der Waals surface area contributed by atoms with Gasteiger partial charge in [-0.25, -0.2) is 0 Å². The quantitative estimate of drug-likeness (QED) is 0.749. The van der Waals surface area contributed by atoms with Crippen LogP contribution in [0.2, 0.25) is 0 Å². The van der Waals surface area contributed by atoms with E-state index in [0.717, 1.165) is 17.8 Å². The summed E-state index contributed by atoms with van der Waals surface area (Å²) in [5.74, 6) is 4.03. The fourth-order valence-electron chi connectivity index (χ4n) is 1.82. The zero-order chi connectivity index (χ0) is 12.3. The smallest absolute Gasteiger partial charge is 0.133 e. The van der Waals surface area contributed by atoms with Crippen LogP contribution in [0, 0.1) is 12.3 Å². The van der Waals surface area contributed by atoms with Gasteiger partial charge in [-0.05, 0) is 23.6 Å². The van der Waals surface area contributed by atoms with E-state index < -0.39 is 0 Å². The molecule has 0 N–H and O–H groups in total. The lowest BCUT2D eigenvalue weighted by atomic mass is 9.96.